The predicted octanol–water partition coefficient (Wildman–Crippen LogP) is 2.67. The summed E-state index contributed by atoms with van der Waals surface area (Å²) in [6.45, 7) is 2.11. The van der Waals surface area contributed by atoms with Crippen molar-refractivity contribution < 1.29 is 9.53 Å². The van der Waals surface area contributed by atoms with Crippen molar-refractivity contribution in [3.63, 3.8) is 0 Å². The molecule has 0 radical (unpaired) electrons. The van der Waals surface area contributed by atoms with Crippen LogP contribution in [0.4, 0.5) is 5.69 Å². The van der Waals surface area contributed by atoms with Gasteiger partial charge in [0.1, 0.15) is 11.7 Å². The smallest absolute Gasteiger partial charge is 0.239 e. The molecule has 0 bridgehead atoms. The number of benzene rings is 1. The van der Waals surface area contributed by atoms with Crippen LogP contribution in [-0.4, -0.2) is 44.6 Å². The number of nitrogens with zero attached hydrogens (tertiary/aromatic N) is 3. The van der Waals surface area contributed by atoms with Gasteiger partial charge in [0.25, 0.3) is 0 Å². The number of anilines is 1. The first-order chi connectivity index (χ1) is 11.1. The van der Waals surface area contributed by atoms with Gasteiger partial charge in [-0.05, 0) is 37.8 Å². The predicted molar refractivity (Wildman–Crippen MR) is 90.4 cm³/mol. The van der Waals surface area contributed by atoms with E-state index < -0.39 is 5.92 Å². The van der Waals surface area contributed by atoms with Gasteiger partial charge in [0.2, 0.25) is 5.91 Å². The Morgan fingerprint density at radius 3 is 2.78 bits per heavy atom. The second-order valence-electron chi connectivity index (χ2n) is 6.10. The highest BCUT2D eigenvalue weighted by Crippen LogP contribution is 2.20. The van der Waals surface area contributed by atoms with Gasteiger partial charge in [-0.2, -0.15) is 5.26 Å². The van der Waals surface area contributed by atoms with Crippen LogP contribution in [0.1, 0.15) is 25.7 Å². The van der Waals surface area contributed by atoms with E-state index in [4.69, 9.17) is 4.74 Å². The molecule has 1 heterocycles. The molecular weight excluding hydrogens is 290 g/mol. The number of hydrogen-bond acceptors (Lipinski definition) is 4. The molecule has 1 aromatic carbocycles. The van der Waals surface area contributed by atoms with Crippen LogP contribution in [0.25, 0.3) is 0 Å². The van der Waals surface area contributed by atoms with E-state index >= 15 is 0 Å². The average molecular weight is 315 g/mol. The Bertz CT molecular complexity index is 560. The Morgan fingerprint density at radius 1 is 1.39 bits per heavy atom. The van der Waals surface area contributed by atoms with E-state index in [0.29, 0.717) is 19.4 Å². The van der Waals surface area contributed by atoms with E-state index in [0.717, 1.165) is 37.4 Å². The van der Waals surface area contributed by atoms with Gasteiger partial charge in [-0.1, -0.05) is 6.07 Å². The zero-order chi connectivity index (χ0) is 16.7. The van der Waals surface area contributed by atoms with Gasteiger partial charge >= 0.3 is 0 Å². The quantitative estimate of drug-likeness (QED) is 0.726. The highest BCUT2D eigenvalue weighted by Gasteiger charge is 2.25. The fraction of sp³-hybridized carbons (Fsp3) is 0.556. The average Bonchev–Trinajstić information content (AvgIpc) is 3.09. The Labute approximate surface area is 138 Å². The van der Waals surface area contributed by atoms with Crippen LogP contribution in [0.5, 0.6) is 5.75 Å². The Kier molecular flexibility index (Phi) is 6.28. The standard InChI is InChI=1S/C18H25N3O2/c1-20(2)16-8-5-9-17(13-16)23-12-6-7-15(14-19)18(22)21-10-3-4-11-21/h5,8-9,13,15H,3-4,6-7,10-12H2,1-2H3. The van der Waals surface area contributed by atoms with Crippen LogP contribution in [0.15, 0.2) is 24.3 Å². The van der Waals surface area contributed by atoms with E-state index in [1.165, 1.54) is 0 Å². The van der Waals surface area contributed by atoms with Crippen molar-refractivity contribution in [3.05, 3.63) is 24.3 Å². The lowest BCUT2D eigenvalue weighted by molar-refractivity contribution is -0.132. The lowest BCUT2D eigenvalue weighted by atomic mass is 10.0. The summed E-state index contributed by atoms with van der Waals surface area (Å²) in [6.07, 6.45) is 3.35. The maximum Gasteiger partial charge on any atom is 0.239 e. The summed E-state index contributed by atoms with van der Waals surface area (Å²) < 4.78 is 5.74. The summed E-state index contributed by atoms with van der Waals surface area (Å²) >= 11 is 0. The molecule has 0 aliphatic carbocycles. The number of hydrogen-bond donors (Lipinski definition) is 0. The SMILES string of the molecule is CN(C)c1cccc(OCCCC(C#N)C(=O)N2CCCC2)c1. The largest absolute Gasteiger partial charge is 0.494 e. The number of rotatable bonds is 7. The van der Waals surface area contributed by atoms with Gasteiger partial charge in [-0.25, -0.2) is 0 Å². The van der Waals surface area contributed by atoms with E-state index in [1.54, 1.807) is 0 Å². The normalized spacial score (nSPS) is 15.1. The lowest BCUT2D eigenvalue weighted by Gasteiger charge is -2.18. The number of carbonyl (C=O) groups excluding carboxylic acids is 1. The molecule has 1 unspecified atom stereocenters. The van der Waals surface area contributed by atoms with Crippen LogP contribution in [0.2, 0.25) is 0 Å². The molecule has 1 amide bonds. The highest BCUT2D eigenvalue weighted by atomic mass is 16.5. The molecule has 0 aromatic heterocycles. The van der Waals surface area contributed by atoms with E-state index in [9.17, 15) is 10.1 Å². The fourth-order valence-electron chi connectivity index (χ4n) is 2.73. The van der Waals surface area contributed by atoms with E-state index in [-0.39, 0.29) is 5.91 Å². The van der Waals surface area contributed by atoms with Crippen LogP contribution in [-0.2, 0) is 4.79 Å². The molecule has 0 N–H and O–H groups in total. The van der Waals surface area contributed by atoms with Gasteiger partial charge in [-0.3, -0.25) is 4.79 Å². The molecule has 1 atom stereocenters. The first-order valence-electron chi connectivity index (χ1n) is 8.20. The molecule has 124 valence electrons. The van der Waals surface area contributed by atoms with Gasteiger partial charge in [0.05, 0.1) is 12.7 Å². The third-order valence-corrected chi connectivity index (χ3v) is 4.11. The topological polar surface area (TPSA) is 56.6 Å². The summed E-state index contributed by atoms with van der Waals surface area (Å²) in [7, 11) is 3.97. The minimum absolute atomic E-state index is 0.0143. The fourth-order valence-corrected chi connectivity index (χ4v) is 2.73. The van der Waals surface area contributed by atoms with Gasteiger partial charge in [-0.15, -0.1) is 0 Å². The molecule has 0 spiro atoms. The van der Waals surface area contributed by atoms with Crippen molar-refractivity contribution in [2.45, 2.75) is 25.7 Å². The molecule has 1 aromatic rings. The zero-order valence-electron chi connectivity index (χ0n) is 14.0. The summed E-state index contributed by atoms with van der Waals surface area (Å²) in [6, 6.07) is 10.0. The van der Waals surface area contributed by atoms with Crippen molar-refractivity contribution in [1.29, 1.82) is 5.26 Å². The molecule has 1 aliphatic heterocycles. The maximum atomic E-state index is 12.2. The number of likely N-dealkylation sites (tertiary alicyclic amines) is 1. The Morgan fingerprint density at radius 2 is 2.13 bits per heavy atom. The molecule has 5 nitrogen and oxygen atoms in total. The number of amides is 1. The molecule has 0 saturated carbocycles. The second kappa shape index (κ2) is 8.42. The first-order valence-corrected chi connectivity index (χ1v) is 8.20. The summed E-state index contributed by atoms with van der Waals surface area (Å²) in [5.74, 6) is 0.264. The second-order valence-corrected chi connectivity index (χ2v) is 6.10. The molecule has 23 heavy (non-hydrogen) atoms. The Hall–Kier alpha value is -2.22. The number of nitriles is 1. The monoisotopic (exact) mass is 315 g/mol. The van der Waals surface area contributed by atoms with Crippen molar-refractivity contribution >= 4 is 11.6 Å². The maximum absolute atomic E-state index is 12.2. The third kappa shape index (κ3) is 4.88. The summed E-state index contributed by atoms with van der Waals surface area (Å²) in [5, 5.41) is 9.23. The molecule has 2 rings (SSSR count). The molecule has 1 fully saturated rings. The van der Waals surface area contributed by atoms with E-state index in [2.05, 4.69) is 6.07 Å². The molecule has 1 saturated heterocycles. The van der Waals surface area contributed by atoms with Crippen molar-refractivity contribution in [2.75, 3.05) is 38.7 Å². The minimum Gasteiger partial charge on any atom is -0.494 e. The zero-order valence-corrected chi connectivity index (χ0v) is 14.0. The summed E-state index contributed by atoms with van der Waals surface area (Å²) in [5.41, 5.74) is 1.08. The van der Waals surface area contributed by atoms with Gasteiger partial charge in [0, 0.05) is 38.9 Å². The molecule has 5 heteroatoms. The third-order valence-electron chi connectivity index (χ3n) is 4.11. The van der Waals surface area contributed by atoms with E-state index in [1.807, 2.05) is 48.2 Å². The number of carbonyl (C=O) groups is 1. The van der Waals surface area contributed by atoms with Gasteiger partial charge < -0.3 is 14.5 Å². The van der Waals surface area contributed by atoms with Crippen molar-refractivity contribution in [1.82, 2.24) is 4.90 Å². The summed E-state index contributed by atoms with van der Waals surface area (Å²) in [4.78, 5) is 16.1. The van der Waals surface area contributed by atoms with Crippen LogP contribution >= 0.6 is 0 Å². The van der Waals surface area contributed by atoms with Gasteiger partial charge in [0.15, 0.2) is 0 Å². The van der Waals surface area contributed by atoms with Crippen molar-refractivity contribution in [2.24, 2.45) is 5.92 Å². The van der Waals surface area contributed by atoms with Crippen LogP contribution < -0.4 is 9.64 Å². The minimum atomic E-state index is -0.537. The lowest BCUT2D eigenvalue weighted by Crippen LogP contribution is -2.33. The molecular formula is C18H25N3O2. The van der Waals surface area contributed by atoms with Crippen molar-refractivity contribution in [3.8, 4) is 11.8 Å². The Balaban J connectivity index is 1.76. The molecule has 1 aliphatic rings. The highest BCUT2D eigenvalue weighted by molar-refractivity contribution is 5.81. The van der Waals surface area contributed by atoms with Crippen LogP contribution in [0.3, 0.4) is 0 Å². The first kappa shape index (κ1) is 17.1. The van der Waals surface area contributed by atoms with Crippen LogP contribution in [0, 0.1) is 17.2 Å². The number of ether oxygens (including phenoxy) is 1.